The lowest BCUT2D eigenvalue weighted by Crippen LogP contribution is -2.49. The van der Waals surface area contributed by atoms with Crippen LogP contribution in [0.3, 0.4) is 0 Å². The summed E-state index contributed by atoms with van der Waals surface area (Å²) in [5.74, 6) is 0.618. The summed E-state index contributed by atoms with van der Waals surface area (Å²) in [5.41, 5.74) is 10.2. The fourth-order valence-corrected chi connectivity index (χ4v) is 5.73. The molecule has 6 rings (SSSR count). The first-order valence-corrected chi connectivity index (χ1v) is 12.3. The van der Waals surface area contributed by atoms with Gasteiger partial charge in [-0.3, -0.25) is 9.48 Å². The molecular formula is C26H31N7O. The molecule has 8 heteroatoms. The lowest BCUT2D eigenvalue weighted by molar-refractivity contribution is 0.0852. The Bertz CT molecular complexity index is 1170. The number of nitrogens with two attached hydrogens (primary N) is 1. The second-order valence-corrected chi connectivity index (χ2v) is 9.70. The van der Waals surface area contributed by atoms with Crippen LogP contribution in [-0.4, -0.2) is 52.9 Å². The minimum atomic E-state index is -0.429. The third-order valence-corrected chi connectivity index (χ3v) is 7.62. The molecule has 5 heterocycles. The molecular weight excluding hydrogens is 426 g/mol. The maximum absolute atomic E-state index is 13.7. The number of carbonyl (C=O) groups is 1. The molecule has 3 aromatic rings. The number of carbonyl (C=O) groups excluding carboxylic acids is 1. The zero-order valence-corrected chi connectivity index (χ0v) is 19.2. The van der Waals surface area contributed by atoms with Crippen LogP contribution in [0.2, 0.25) is 0 Å². The first-order chi connectivity index (χ1) is 16.7. The molecule has 0 saturated carbocycles. The average molecular weight is 458 g/mol. The Morgan fingerprint density at radius 1 is 1.03 bits per heavy atom. The normalized spacial score (nSPS) is 25.3. The summed E-state index contributed by atoms with van der Waals surface area (Å²) < 4.78 is 2.06. The lowest BCUT2D eigenvalue weighted by atomic mass is 9.80. The van der Waals surface area contributed by atoms with Crippen LogP contribution in [0, 0.1) is 11.8 Å². The number of rotatable bonds is 4. The van der Waals surface area contributed by atoms with Crippen LogP contribution in [-0.2, 0) is 0 Å². The Morgan fingerprint density at radius 3 is 2.68 bits per heavy atom. The number of pyridine rings is 1. The van der Waals surface area contributed by atoms with Gasteiger partial charge in [0.2, 0.25) is 0 Å². The van der Waals surface area contributed by atoms with Crippen LogP contribution in [0.4, 0.5) is 11.5 Å². The summed E-state index contributed by atoms with van der Waals surface area (Å²) in [6.07, 6.45) is 8.44. The topological polar surface area (TPSA) is 101 Å². The maximum Gasteiger partial charge on any atom is 0.173 e. The number of fused-ring (bicyclic) bond motifs is 1. The van der Waals surface area contributed by atoms with Crippen LogP contribution in [0.1, 0.15) is 35.7 Å². The van der Waals surface area contributed by atoms with Crippen molar-refractivity contribution in [3.63, 3.8) is 0 Å². The molecule has 3 atom stereocenters. The molecule has 3 unspecified atom stereocenters. The van der Waals surface area contributed by atoms with E-state index in [-0.39, 0.29) is 17.6 Å². The summed E-state index contributed by atoms with van der Waals surface area (Å²) in [6.45, 7) is 3.81. The first-order valence-electron chi connectivity index (χ1n) is 12.3. The smallest absolute Gasteiger partial charge is 0.173 e. The fraction of sp³-hybridized carbons (Fsp3) is 0.423. The van der Waals surface area contributed by atoms with E-state index in [0.29, 0.717) is 17.4 Å². The number of Topliss-reactive ketones (excluding diaryl/α,β-unsaturated/α-hetero) is 1. The quantitative estimate of drug-likeness (QED) is 0.554. The van der Waals surface area contributed by atoms with Crippen LogP contribution in [0.15, 0.2) is 55.0 Å². The summed E-state index contributed by atoms with van der Waals surface area (Å²) in [4.78, 5) is 20.6. The average Bonchev–Trinajstić information content (AvgIpc) is 3.56. The Hall–Kier alpha value is -3.23. The maximum atomic E-state index is 13.7. The van der Waals surface area contributed by atoms with Crippen LogP contribution >= 0.6 is 0 Å². The van der Waals surface area contributed by atoms with Crippen molar-refractivity contribution in [2.24, 2.45) is 17.6 Å². The highest BCUT2D eigenvalue weighted by Gasteiger charge is 2.42. The number of hydrogen-bond donors (Lipinski definition) is 3. The van der Waals surface area contributed by atoms with E-state index in [1.807, 2.05) is 24.5 Å². The van der Waals surface area contributed by atoms with Gasteiger partial charge in [-0.1, -0.05) is 18.2 Å². The van der Waals surface area contributed by atoms with Crippen molar-refractivity contribution in [2.45, 2.75) is 31.5 Å². The van der Waals surface area contributed by atoms with Crippen LogP contribution in [0.5, 0.6) is 0 Å². The van der Waals surface area contributed by atoms with E-state index in [1.54, 1.807) is 0 Å². The van der Waals surface area contributed by atoms with Gasteiger partial charge in [0, 0.05) is 42.3 Å². The monoisotopic (exact) mass is 457 g/mol. The van der Waals surface area contributed by atoms with Gasteiger partial charge < -0.3 is 21.3 Å². The van der Waals surface area contributed by atoms with Gasteiger partial charge in [-0.25, -0.2) is 4.98 Å². The van der Waals surface area contributed by atoms with Gasteiger partial charge in [-0.05, 0) is 56.5 Å². The van der Waals surface area contributed by atoms with Gasteiger partial charge in [0.15, 0.2) is 5.78 Å². The predicted octanol–water partition coefficient (Wildman–Crippen LogP) is 2.91. The molecule has 0 spiro atoms. The summed E-state index contributed by atoms with van der Waals surface area (Å²) in [5, 5.41) is 11.3. The third kappa shape index (κ3) is 3.86. The molecule has 0 amide bonds. The van der Waals surface area contributed by atoms with Crippen LogP contribution < -0.4 is 21.3 Å². The second kappa shape index (κ2) is 8.85. The van der Waals surface area contributed by atoms with E-state index < -0.39 is 6.17 Å². The van der Waals surface area contributed by atoms with E-state index in [0.717, 1.165) is 56.6 Å². The Balaban J connectivity index is 1.23. The van der Waals surface area contributed by atoms with Gasteiger partial charge in [0.1, 0.15) is 5.82 Å². The van der Waals surface area contributed by atoms with Crippen molar-refractivity contribution < 1.29 is 4.79 Å². The highest BCUT2D eigenvalue weighted by molar-refractivity contribution is 6.05. The molecule has 2 fully saturated rings. The summed E-state index contributed by atoms with van der Waals surface area (Å²) >= 11 is 0. The van der Waals surface area contributed by atoms with Gasteiger partial charge in [0.05, 0.1) is 29.9 Å². The number of benzene rings is 1. The van der Waals surface area contributed by atoms with Gasteiger partial charge in [-0.2, -0.15) is 5.10 Å². The molecule has 1 aromatic carbocycles. The Morgan fingerprint density at radius 2 is 1.85 bits per heavy atom. The number of nitrogens with zero attached hydrogens (tertiary/aromatic N) is 4. The number of hydrogen-bond acceptors (Lipinski definition) is 7. The number of anilines is 2. The highest BCUT2D eigenvalue weighted by atomic mass is 16.1. The lowest BCUT2D eigenvalue weighted by Gasteiger charge is -2.34. The largest absolute Gasteiger partial charge is 0.371 e. The van der Waals surface area contributed by atoms with Crippen molar-refractivity contribution in [3.8, 4) is 11.1 Å². The molecule has 34 heavy (non-hydrogen) atoms. The van der Waals surface area contributed by atoms with Gasteiger partial charge in [-0.15, -0.1) is 0 Å². The molecule has 0 bridgehead atoms. The van der Waals surface area contributed by atoms with E-state index in [1.165, 1.54) is 5.69 Å². The standard InChI is InChI=1S/C26H31N7O/c27-25-23(17-8-11-32(15-17)20-4-2-1-3-5-20)24(34)22-12-18(13-29-26(22)31-25)19-14-30-33(16-19)21-6-9-28-10-7-21/h1-5,12-14,16-17,21,23,25,28H,6-11,15,27H2,(H,29,31). The van der Waals surface area contributed by atoms with Crippen molar-refractivity contribution in [3.05, 3.63) is 60.6 Å². The van der Waals surface area contributed by atoms with Crippen molar-refractivity contribution in [1.82, 2.24) is 20.1 Å². The molecule has 0 radical (unpaired) electrons. The van der Waals surface area contributed by atoms with Crippen molar-refractivity contribution >= 4 is 17.3 Å². The minimum Gasteiger partial charge on any atom is -0.371 e. The molecule has 176 valence electrons. The molecule has 2 aromatic heterocycles. The molecule has 3 aliphatic rings. The first kappa shape index (κ1) is 21.3. The number of nitrogens with one attached hydrogen (secondary N) is 2. The SMILES string of the molecule is NC1Nc2ncc(-c3cnn(C4CCNCC4)c3)cc2C(=O)C1C1CCN(c2ccccc2)C1. The molecule has 2 saturated heterocycles. The van der Waals surface area contributed by atoms with E-state index in [9.17, 15) is 4.79 Å². The van der Waals surface area contributed by atoms with Gasteiger partial charge in [0.25, 0.3) is 0 Å². The Kier molecular flexibility index (Phi) is 5.55. The van der Waals surface area contributed by atoms with Gasteiger partial charge >= 0.3 is 0 Å². The molecule has 4 N–H and O–H groups in total. The summed E-state index contributed by atoms with van der Waals surface area (Å²) in [6, 6.07) is 12.8. The molecule has 8 nitrogen and oxygen atoms in total. The number of piperidine rings is 1. The van der Waals surface area contributed by atoms with Crippen molar-refractivity contribution in [2.75, 3.05) is 36.4 Å². The van der Waals surface area contributed by atoms with Crippen LogP contribution in [0.25, 0.3) is 11.1 Å². The van der Waals surface area contributed by atoms with E-state index >= 15 is 0 Å². The third-order valence-electron chi connectivity index (χ3n) is 7.62. The number of aromatic nitrogens is 3. The number of ketones is 1. The number of para-hydroxylation sites is 1. The van der Waals surface area contributed by atoms with E-state index in [2.05, 4.69) is 60.8 Å². The predicted molar refractivity (Wildman–Crippen MR) is 133 cm³/mol. The molecule has 0 aliphatic carbocycles. The zero-order chi connectivity index (χ0) is 23.1. The van der Waals surface area contributed by atoms with E-state index in [4.69, 9.17) is 5.73 Å². The second-order valence-electron chi connectivity index (χ2n) is 9.70. The zero-order valence-electron chi connectivity index (χ0n) is 19.2. The summed E-state index contributed by atoms with van der Waals surface area (Å²) in [7, 11) is 0. The molecule has 3 aliphatic heterocycles. The van der Waals surface area contributed by atoms with Crippen molar-refractivity contribution in [1.29, 1.82) is 0 Å². The minimum absolute atomic E-state index is 0.0984. The highest BCUT2D eigenvalue weighted by Crippen LogP contribution is 2.37. The Labute approximate surface area is 199 Å². The fourth-order valence-electron chi connectivity index (χ4n) is 5.73.